The summed E-state index contributed by atoms with van der Waals surface area (Å²) >= 11 is 0. The van der Waals surface area contributed by atoms with Crippen LogP contribution in [-0.4, -0.2) is 24.5 Å². The quantitative estimate of drug-likeness (QED) is 0.645. The van der Waals surface area contributed by atoms with E-state index in [-0.39, 0.29) is 16.7 Å². The highest BCUT2D eigenvalue weighted by atomic mass is 19.3. The number of allylic oxidation sites excluding steroid dienone is 1. The number of nitriles is 1. The lowest BCUT2D eigenvalue weighted by Gasteiger charge is -2.40. The molecule has 166 valence electrons. The second-order valence-corrected chi connectivity index (χ2v) is 8.75. The number of nitrogens with zero attached hydrogens (tertiary/aromatic N) is 2. The van der Waals surface area contributed by atoms with Crippen LogP contribution in [0, 0.1) is 11.3 Å². The third-order valence-corrected chi connectivity index (χ3v) is 6.87. The van der Waals surface area contributed by atoms with Crippen molar-refractivity contribution in [3.63, 3.8) is 0 Å². The van der Waals surface area contributed by atoms with Crippen molar-refractivity contribution in [3.05, 3.63) is 83.1 Å². The predicted octanol–water partition coefficient (Wildman–Crippen LogP) is 5.33. The highest BCUT2D eigenvalue weighted by molar-refractivity contribution is 5.69. The number of likely N-dealkylation sites (tertiary alicyclic amines) is 1. The molecule has 0 aliphatic carbocycles. The summed E-state index contributed by atoms with van der Waals surface area (Å²) in [4.78, 5) is 2.43. The zero-order valence-electron chi connectivity index (χ0n) is 18.1. The Morgan fingerprint density at radius 1 is 1.22 bits per heavy atom. The molecule has 2 aromatic rings. The van der Waals surface area contributed by atoms with Gasteiger partial charge in [-0.15, -0.1) is 0 Å². The second kappa shape index (κ2) is 8.76. The van der Waals surface area contributed by atoms with Gasteiger partial charge in [0.2, 0.25) is 0 Å². The molecule has 0 unspecified atom stereocenters. The predicted molar refractivity (Wildman–Crippen MR) is 124 cm³/mol. The minimum Gasteiger partial charge on any atom is -0.399 e. The van der Waals surface area contributed by atoms with E-state index in [2.05, 4.69) is 29.4 Å². The number of halogens is 2. The molecule has 0 amide bonds. The molecular formula is C26H28F2N4. The monoisotopic (exact) mass is 434 g/mol. The molecule has 4 rings (SSSR count). The molecule has 4 nitrogen and oxygen atoms in total. The zero-order chi connectivity index (χ0) is 22.9. The number of rotatable bonds is 6. The largest absolute Gasteiger partial charge is 0.399 e. The number of hydrogen-bond donors (Lipinski definition) is 2. The number of aryl methyl sites for hydroxylation is 1. The number of hydrogen-bond acceptors (Lipinski definition) is 4. The number of nitrogens with two attached hydrogens (primary N) is 1. The minimum absolute atomic E-state index is 0.0439. The molecule has 1 fully saturated rings. The van der Waals surface area contributed by atoms with E-state index < -0.39 is 6.43 Å². The normalized spacial score (nSPS) is 17.2. The lowest BCUT2D eigenvalue weighted by atomic mass is 9.72. The van der Waals surface area contributed by atoms with Gasteiger partial charge in [0, 0.05) is 33.6 Å². The summed E-state index contributed by atoms with van der Waals surface area (Å²) in [5.74, 6) is 0. The SMILES string of the molecule is C=C(N)c1ccc(CCCN2CCC3(CC2)C(=C)Nc2ccc(C#N)cc23)cc1C(F)F. The van der Waals surface area contributed by atoms with Crippen molar-refractivity contribution in [2.45, 2.75) is 37.5 Å². The average molecular weight is 435 g/mol. The Balaban J connectivity index is 1.36. The molecule has 1 saturated heterocycles. The lowest BCUT2D eigenvalue weighted by Crippen LogP contribution is -2.43. The topological polar surface area (TPSA) is 65.1 Å². The maximum atomic E-state index is 13.4. The van der Waals surface area contributed by atoms with E-state index in [9.17, 15) is 14.0 Å². The van der Waals surface area contributed by atoms with Gasteiger partial charge in [-0.05, 0) is 80.7 Å². The number of anilines is 1. The van der Waals surface area contributed by atoms with Gasteiger partial charge in [0.1, 0.15) is 0 Å². The van der Waals surface area contributed by atoms with E-state index >= 15 is 0 Å². The Morgan fingerprint density at radius 3 is 2.62 bits per heavy atom. The number of piperidine rings is 1. The number of alkyl halides is 2. The molecule has 2 heterocycles. The van der Waals surface area contributed by atoms with Crippen LogP contribution in [0.15, 0.2) is 55.3 Å². The first kappa shape index (κ1) is 22.0. The molecule has 6 heteroatoms. The van der Waals surface area contributed by atoms with Gasteiger partial charge in [0.25, 0.3) is 6.43 Å². The van der Waals surface area contributed by atoms with Crippen LogP contribution in [0.25, 0.3) is 5.70 Å². The highest BCUT2D eigenvalue weighted by Crippen LogP contribution is 2.49. The Kier molecular flexibility index (Phi) is 6.03. The number of fused-ring (bicyclic) bond motifs is 2. The molecule has 2 aliphatic rings. The number of nitrogens with one attached hydrogen (secondary N) is 1. The Hall–Kier alpha value is -3.17. The summed E-state index contributed by atoms with van der Waals surface area (Å²) in [5.41, 5.74) is 10.8. The summed E-state index contributed by atoms with van der Waals surface area (Å²) in [6.07, 6.45) is 0.961. The summed E-state index contributed by atoms with van der Waals surface area (Å²) in [5, 5.41) is 12.7. The first-order valence-electron chi connectivity index (χ1n) is 10.9. The second-order valence-electron chi connectivity index (χ2n) is 8.75. The fourth-order valence-electron chi connectivity index (χ4n) is 5.04. The minimum atomic E-state index is -2.57. The highest BCUT2D eigenvalue weighted by Gasteiger charge is 2.44. The van der Waals surface area contributed by atoms with Gasteiger partial charge < -0.3 is 16.0 Å². The van der Waals surface area contributed by atoms with E-state index in [1.54, 1.807) is 12.1 Å². The Labute approximate surface area is 188 Å². The fraction of sp³-hybridized carbons (Fsp3) is 0.346. The van der Waals surface area contributed by atoms with Crippen LogP contribution in [0.2, 0.25) is 0 Å². The van der Waals surface area contributed by atoms with Crippen molar-refractivity contribution in [3.8, 4) is 6.07 Å². The van der Waals surface area contributed by atoms with Crippen LogP contribution in [0.1, 0.15) is 53.5 Å². The smallest absolute Gasteiger partial charge is 0.264 e. The summed E-state index contributed by atoms with van der Waals surface area (Å²) < 4.78 is 26.8. The standard InChI is InChI=1S/C26H28F2N4/c1-17(30)21-7-5-19(14-22(21)25(27)28)4-3-11-32-12-9-26(10-13-32)18(2)31-24-8-6-20(16-29)15-23(24)26/h5-8,14-15,25,31H,1-4,9-13,30H2. The van der Waals surface area contributed by atoms with E-state index in [0.717, 1.165) is 62.3 Å². The van der Waals surface area contributed by atoms with Crippen molar-refractivity contribution in [2.24, 2.45) is 5.73 Å². The summed E-state index contributed by atoms with van der Waals surface area (Å²) in [7, 11) is 0. The molecule has 0 atom stereocenters. The van der Waals surface area contributed by atoms with Crippen LogP contribution >= 0.6 is 0 Å². The van der Waals surface area contributed by atoms with Crippen LogP contribution in [0.5, 0.6) is 0 Å². The van der Waals surface area contributed by atoms with Gasteiger partial charge in [-0.2, -0.15) is 5.26 Å². The third-order valence-electron chi connectivity index (χ3n) is 6.87. The molecule has 32 heavy (non-hydrogen) atoms. The van der Waals surface area contributed by atoms with Gasteiger partial charge in [-0.25, -0.2) is 8.78 Å². The molecular weight excluding hydrogens is 406 g/mol. The molecule has 2 aromatic carbocycles. The maximum Gasteiger partial charge on any atom is 0.264 e. The van der Waals surface area contributed by atoms with Gasteiger partial charge in [0.15, 0.2) is 0 Å². The molecule has 0 bridgehead atoms. The van der Waals surface area contributed by atoms with Crippen molar-refractivity contribution in [2.75, 3.05) is 25.0 Å². The molecule has 3 N–H and O–H groups in total. The van der Waals surface area contributed by atoms with E-state index in [0.29, 0.717) is 11.1 Å². The van der Waals surface area contributed by atoms with E-state index in [1.807, 2.05) is 24.3 Å². The Bertz CT molecular complexity index is 1090. The first-order chi connectivity index (χ1) is 15.3. The average Bonchev–Trinajstić information content (AvgIpc) is 3.05. The molecule has 0 saturated carbocycles. The van der Waals surface area contributed by atoms with E-state index in [4.69, 9.17) is 5.73 Å². The fourth-order valence-corrected chi connectivity index (χ4v) is 5.04. The summed E-state index contributed by atoms with van der Waals surface area (Å²) in [6, 6.07) is 13.1. The molecule has 2 aliphatic heterocycles. The number of benzene rings is 2. The first-order valence-corrected chi connectivity index (χ1v) is 10.9. The van der Waals surface area contributed by atoms with Gasteiger partial charge in [-0.3, -0.25) is 0 Å². The maximum absolute atomic E-state index is 13.4. The van der Waals surface area contributed by atoms with Gasteiger partial charge in [-0.1, -0.05) is 25.3 Å². The van der Waals surface area contributed by atoms with Crippen LogP contribution in [0.3, 0.4) is 0 Å². The Morgan fingerprint density at radius 2 is 1.97 bits per heavy atom. The third kappa shape index (κ3) is 4.01. The van der Waals surface area contributed by atoms with Crippen LogP contribution < -0.4 is 11.1 Å². The molecule has 0 radical (unpaired) electrons. The van der Waals surface area contributed by atoms with Gasteiger partial charge in [0.05, 0.1) is 11.6 Å². The molecule has 1 spiro atoms. The van der Waals surface area contributed by atoms with Crippen LogP contribution in [0.4, 0.5) is 14.5 Å². The van der Waals surface area contributed by atoms with Crippen molar-refractivity contribution in [1.29, 1.82) is 5.26 Å². The van der Waals surface area contributed by atoms with Crippen molar-refractivity contribution >= 4 is 11.4 Å². The van der Waals surface area contributed by atoms with Crippen molar-refractivity contribution in [1.82, 2.24) is 4.90 Å². The lowest BCUT2D eigenvalue weighted by molar-refractivity contribution is 0.151. The van der Waals surface area contributed by atoms with E-state index in [1.165, 1.54) is 5.56 Å². The molecule has 0 aromatic heterocycles. The summed E-state index contributed by atoms with van der Waals surface area (Å²) in [6.45, 7) is 10.7. The zero-order valence-corrected chi connectivity index (χ0v) is 18.1. The van der Waals surface area contributed by atoms with Gasteiger partial charge >= 0.3 is 0 Å². The van der Waals surface area contributed by atoms with Crippen molar-refractivity contribution < 1.29 is 8.78 Å². The van der Waals surface area contributed by atoms with Crippen LogP contribution in [-0.2, 0) is 11.8 Å².